The van der Waals surface area contributed by atoms with Crippen LogP contribution in [-0.4, -0.2) is 34.8 Å². The van der Waals surface area contributed by atoms with E-state index >= 15 is 0 Å². The van der Waals surface area contributed by atoms with E-state index in [0.717, 1.165) is 23.0 Å². The number of thioether (sulfide) groups is 1. The van der Waals surface area contributed by atoms with Crippen molar-refractivity contribution in [3.8, 4) is 0 Å². The molecule has 1 aliphatic heterocycles. The summed E-state index contributed by atoms with van der Waals surface area (Å²) in [6.07, 6.45) is 0. The van der Waals surface area contributed by atoms with E-state index in [0.29, 0.717) is 6.54 Å². The van der Waals surface area contributed by atoms with Gasteiger partial charge in [-0.3, -0.25) is 14.7 Å². The average molecular weight is 234 g/mol. The number of rotatable bonds is 2. The minimum Gasteiger partial charge on any atom is -0.286 e. The predicted molar refractivity (Wildman–Crippen MR) is 67.9 cm³/mol. The summed E-state index contributed by atoms with van der Waals surface area (Å²) in [6, 6.07) is 9.36. The molecule has 1 aliphatic rings. The summed E-state index contributed by atoms with van der Waals surface area (Å²) in [5.41, 5.74) is 0.730. The maximum Gasteiger partial charge on any atom is 0.259 e. The van der Waals surface area contributed by atoms with Crippen LogP contribution in [0.25, 0.3) is 0 Å². The quantitative estimate of drug-likeness (QED) is 0.786. The second kappa shape index (κ2) is 5.16. The first-order valence-corrected chi connectivity index (χ1v) is 6.35. The summed E-state index contributed by atoms with van der Waals surface area (Å²) in [5, 5.41) is 0.858. The number of carbonyl (C=O) groups is 1. The zero-order chi connectivity index (χ0) is 11.4. The smallest absolute Gasteiger partial charge is 0.259 e. The van der Waals surface area contributed by atoms with Gasteiger partial charge in [-0.1, -0.05) is 36.9 Å². The Labute approximate surface area is 99.6 Å². The summed E-state index contributed by atoms with van der Waals surface area (Å²) < 4.78 is 0. The van der Waals surface area contributed by atoms with Gasteiger partial charge in [0.2, 0.25) is 0 Å². The second-order valence-electron chi connectivity index (χ2n) is 3.42. The van der Waals surface area contributed by atoms with Crippen LogP contribution in [0.3, 0.4) is 0 Å². The lowest BCUT2D eigenvalue weighted by molar-refractivity contribution is 0.0860. The molecule has 0 aliphatic carbocycles. The Morgan fingerprint density at radius 2 is 2.19 bits per heavy atom. The summed E-state index contributed by atoms with van der Waals surface area (Å²) in [6.45, 7) is 3.49. The van der Waals surface area contributed by atoms with Crippen molar-refractivity contribution in [3.63, 3.8) is 0 Å². The average Bonchev–Trinajstić information content (AvgIpc) is 2.78. The van der Waals surface area contributed by atoms with E-state index in [4.69, 9.17) is 0 Å². The molecular formula is C12H14N2OS. The van der Waals surface area contributed by atoms with Crippen LogP contribution >= 0.6 is 11.8 Å². The van der Waals surface area contributed by atoms with Crippen molar-refractivity contribution in [2.45, 2.75) is 6.92 Å². The molecule has 0 radical (unpaired) electrons. The van der Waals surface area contributed by atoms with Crippen LogP contribution in [0.2, 0.25) is 0 Å². The van der Waals surface area contributed by atoms with Crippen molar-refractivity contribution in [3.05, 3.63) is 35.9 Å². The maximum atomic E-state index is 12.2. The molecular weight excluding hydrogens is 220 g/mol. The van der Waals surface area contributed by atoms with E-state index in [2.05, 4.69) is 11.9 Å². The molecule has 0 saturated heterocycles. The SMILES string of the molecule is CCSC1=NCCN1C(=O)c1ccccc1. The van der Waals surface area contributed by atoms with Crippen molar-refractivity contribution in [1.29, 1.82) is 0 Å². The fraction of sp³-hybridized carbons (Fsp3) is 0.333. The molecule has 0 saturated carbocycles. The lowest BCUT2D eigenvalue weighted by Crippen LogP contribution is -2.32. The fourth-order valence-electron chi connectivity index (χ4n) is 1.60. The number of hydrogen-bond donors (Lipinski definition) is 0. The van der Waals surface area contributed by atoms with Crippen LogP contribution in [0.1, 0.15) is 17.3 Å². The Morgan fingerprint density at radius 3 is 2.88 bits per heavy atom. The van der Waals surface area contributed by atoms with Crippen LogP contribution in [-0.2, 0) is 0 Å². The summed E-state index contributed by atoms with van der Waals surface area (Å²) in [4.78, 5) is 18.3. The van der Waals surface area contributed by atoms with Gasteiger partial charge in [0.15, 0.2) is 5.17 Å². The molecule has 4 heteroatoms. The molecule has 84 valence electrons. The van der Waals surface area contributed by atoms with Crippen molar-refractivity contribution in [2.24, 2.45) is 4.99 Å². The van der Waals surface area contributed by atoms with E-state index in [1.54, 1.807) is 16.7 Å². The molecule has 0 fully saturated rings. The molecule has 0 spiro atoms. The number of amides is 1. The number of benzene rings is 1. The first-order chi connectivity index (χ1) is 7.83. The highest BCUT2D eigenvalue weighted by Crippen LogP contribution is 2.16. The van der Waals surface area contributed by atoms with E-state index in [1.807, 2.05) is 30.3 Å². The topological polar surface area (TPSA) is 32.7 Å². The number of hydrogen-bond acceptors (Lipinski definition) is 3. The first kappa shape index (κ1) is 11.2. The number of nitrogens with zero attached hydrogens (tertiary/aromatic N) is 2. The van der Waals surface area contributed by atoms with E-state index in [1.165, 1.54) is 0 Å². The highest BCUT2D eigenvalue weighted by atomic mass is 32.2. The molecule has 1 heterocycles. The van der Waals surface area contributed by atoms with Gasteiger partial charge in [0.25, 0.3) is 5.91 Å². The van der Waals surface area contributed by atoms with E-state index in [9.17, 15) is 4.79 Å². The lowest BCUT2D eigenvalue weighted by Gasteiger charge is -2.17. The molecule has 16 heavy (non-hydrogen) atoms. The minimum atomic E-state index is 0.0535. The van der Waals surface area contributed by atoms with Gasteiger partial charge in [-0.2, -0.15) is 0 Å². The Bertz CT molecular complexity index is 403. The van der Waals surface area contributed by atoms with Gasteiger partial charge in [0.1, 0.15) is 0 Å². The summed E-state index contributed by atoms with van der Waals surface area (Å²) in [5.74, 6) is 0.995. The van der Waals surface area contributed by atoms with Crippen molar-refractivity contribution in [2.75, 3.05) is 18.8 Å². The van der Waals surface area contributed by atoms with Crippen LogP contribution in [0.15, 0.2) is 35.3 Å². The van der Waals surface area contributed by atoms with Crippen LogP contribution in [0.5, 0.6) is 0 Å². The Balaban J connectivity index is 2.14. The number of carbonyl (C=O) groups excluding carboxylic acids is 1. The maximum absolute atomic E-state index is 12.2. The van der Waals surface area contributed by atoms with E-state index < -0.39 is 0 Å². The summed E-state index contributed by atoms with van der Waals surface area (Å²) >= 11 is 1.63. The third-order valence-electron chi connectivity index (χ3n) is 2.34. The molecule has 3 nitrogen and oxygen atoms in total. The molecule has 1 aromatic rings. The number of aliphatic imine (C=N–C) groups is 1. The zero-order valence-corrected chi connectivity index (χ0v) is 10.0. The van der Waals surface area contributed by atoms with Gasteiger partial charge in [0, 0.05) is 12.1 Å². The highest BCUT2D eigenvalue weighted by molar-refractivity contribution is 8.13. The minimum absolute atomic E-state index is 0.0535. The van der Waals surface area contributed by atoms with Gasteiger partial charge < -0.3 is 0 Å². The Kier molecular flexibility index (Phi) is 3.62. The molecule has 0 bridgehead atoms. The van der Waals surface area contributed by atoms with Gasteiger partial charge in [-0.25, -0.2) is 0 Å². The lowest BCUT2D eigenvalue weighted by atomic mass is 10.2. The van der Waals surface area contributed by atoms with Crippen LogP contribution in [0, 0.1) is 0 Å². The standard InChI is InChI=1S/C12H14N2OS/c1-2-16-12-13-8-9-14(12)11(15)10-6-4-3-5-7-10/h3-7H,2,8-9H2,1H3. The molecule has 1 aromatic carbocycles. The van der Waals surface area contributed by atoms with Gasteiger partial charge in [0.05, 0.1) is 6.54 Å². The molecule has 0 aromatic heterocycles. The number of amidine groups is 1. The first-order valence-electron chi connectivity index (χ1n) is 5.37. The fourth-order valence-corrected chi connectivity index (χ4v) is 2.38. The van der Waals surface area contributed by atoms with E-state index in [-0.39, 0.29) is 5.91 Å². The normalized spacial score (nSPS) is 15.1. The van der Waals surface area contributed by atoms with Crippen molar-refractivity contribution >= 4 is 22.8 Å². The predicted octanol–water partition coefficient (Wildman–Crippen LogP) is 2.25. The van der Waals surface area contributed by atoms with Crippen LogP contribution < -0.4 is 0 Å². The molecule has 0 N–H and O–H groups in total. The van der Waals surface area contributed by atoms with Gasteiger partial charge in [-0.05, 0) is 17.9 Å². The van der Waals surface area contributed by atoms with Crippen LogP contribution in [0.4, 0.5) is 0 Å². The van der Waals surface area contributed by atoms with Gasteiger partial charge in [-0.15, -0.1) is 0 Å². The largest absolute Gasteiger partial charge is 0.286 e. The Hall–Kier alpha value is -1.29. The molecule has 0 atom stereocenters. The van der Waals surface area contributed by atoms with Gasteiger partial charge >= 0.3 is 0 Å². The third-order valence-corrected chi connectivity index (χ3v) is 3.24. The summed E-state index contributed by atoms with van der Waals surface area (Å²) in [7, 11) is 0. The Morgan fingerprint density at radius 1 is 1.44 bits per heavy atom. The second-order valence-corrected chi connectivity index (χ2v) is 4.65. The monoisotopic (exact) mass is 234 g/mol. The van der Waals surface area contributed by atoms with Crippen molar-refractivity contribution in [1.82, 2.24) is 4.90 Å². The third kappa shape index (κ3) is 2.27. The van der Waals surface area contributed by atoms with Crippen molar-refractivity contribution < 1.29 is 4.79 Å². The zero-order valence-electron chi connectivity index (χ0n) is 9.22. The molecule has 1 amide bonds. The molecule has 2 rings (SSSR count). The molecule has 0 unspecified atom stereocenters. The highest BCUT2D eigenvalue weighted by Gasteiger charge is 2.24.